The topological polar surface area (TPSA) is 0 Å². The molecule has 0 fully saturated rings. The zero-order chi connectivity index (χ0) is 4.83. The van der Waals surface area contributed by atoms with Crippen molar-refractivity contribution in [1.82, 2.24) is 0 Å². The van der Waals surface area contributed by atoms with E-state index in [1.807, 2.05) is 0 Å². The first-order valence-electron chi connectivity index (χ1n) is 2.43. The van der Waals surface area contributed by atoms with Gasteiger partial charge in [0.2, 0.25) is 0 Å². The van der Waals surface area contributed by atoms with Gasteiger partial charge in [-0.1, -0.05) is 0 Å². The van der Waals surface area contributed by atoms with Crippen LogP contribution in [-0.2, 0) is 15.5 Å². The molecule has 0 N–H and O–H groups in total. The molecule has 0 heterocycles. The van der Waals surface area contributed by atoms with Crippen molar-refractivity contribution in [2.75, 3.05) is 0 Å². The quantitative estimate of drug-likeness (QED) is 0.446. The number of unbranched alkanes of at least 4 members (excludes halogenated alkanes) is 2. The van der Waals surface area contributed by atoms with Gasteiger partial charge < -0.3 is 0 Å². The molecule has 0 unspecified atom stereocenters. The third kappa shape index (κ3) is 10.8. The molecule has 0 rings (SSSR count). The van der Waals surface area contributed by atoms with Gasteiger partial charge in [-0.25, -0.2) is 0 Å². The molecule has 0 amide bonds. The summed E-state index contributed by atoms with van der Waals surface area (Å²) >= 11 is 4.47. The van der Waals surface area contributed by atoms with E-state index in [2.05, 4.69) is 22.4 Å². The molecule has 0 aromatic rings. The van der Waals surface area contributed by atoms with E-state index in [9.17, 15) is 0 Å². The number of halogens is 1. The summed E-state index contributed by atoms with van der Waals surface area (Å²) in [5, 5.41) is 0.980. The fourth-order valence-corrected chi connectivity index (χ4v) is 0.576. The fraction of sp³-hybridized carbons (Fsp3) is 1.00. The minimum Gasteiger partial charge on any atom is -0.147 e. The molecule has 0 saturated carbocycles. The molecule has 2 heteroatoms. The van der Waals surface area contributed by atoms with Crippen LogP contribution in [0.5, 0.6) is 0 Å². The van der Waals surface area contributed by atoms with Crippen molar-refractivity contribution in [2.45, 2.75) is 31.6 Å². The molecule has 0 saturated heterocycles. The van der Waals surface area contributed by atoms with Crippen LogP contribution in [0.2, 0.25) is 5.39 Å². The first kappa shape index (κ1) is 10.7. The molecule has 0 aliphatic rings. The van der Waals surface area contributed by atoms with Crippen molar-refractivity contribution < 1.29 is 15.5 Å². The molecular formula is C5H12ClNi. The minimum atomic E-state index is 0. The van der Waals surface area contributed by atoms with Gasteiger partial charge in [-0.15, -0.1) is 12.4 Å². The van der Waals surface area contributed by atoms with E-state index in [1.54, 1.807) is 0 Å². The van der Waals surface area contributed by atoms with Crippen LogP contribution in [0.3, 0.4) is 0 Å². The van der Waals surface area contributed by atoms with Crippen molar-refractivity contribution in [1.29, 1.82) is 0 Å². The smallest absolute Gasteiger partial charge is 0.147 e. The maximum atomic E-state index is 4.47. The Bertz CT molecular complexity index is 20.0. The van der Waals surface area contributed by atoms with Crippen LogP contribution in [-0.4, -0.2) is 0 Å². The summed E-state index contributed by atoms with van der Waals surface area (Å²) < 4.78 is 0. The molecule has 49 valence electrons. The molecule has 0 aromatic carbocycles. The van der Waals surface area contributed by atoms with Crippen LogP contribution in [0.1, 0.15) is 26.2 Å². The Hall–Kier alpha value is 0.784. The van der Waals surface area contributed by atoms with Crippen molar-refractivity contribution in [3.05, 3.63) is 0 Å². The van der Waals surface area contributed by atoms with E-state index in [1.165, 1.54) is 19.3 Å². The molecule has 0 aromatic heterocycles. The number of hydrogen-bond donors (Lipinski definition) is 0. The summed E-state index contributed by atoms with van der Waals surface area (Å²) in [6, 6.07) is 0. The van der Waals surface area contributed by atoms with Crippen LogP contribution in [0.4, 0.5) is 0 Å². The van der Waals surface area contributed by atoms with Crippen molar-refractivity contribution >= 4 is 12.4 Å². The predicted molar refractivity (Wildman–Crippen MR) is 31.6 cm³/mol. The second-order valence-corrected chi connectivity index (χ2v) is 1.86. The van der Waals surface area contributed by atoms with Crippen LogP contribution in [0.25, 0.3) is 0 Å². The van der Waals surface area contributed by atoms with Gasteiger partial charge in [0.1, 0.15) is 0 Å². The summed E-state index contributed by atoms with van der Waals surface area (Å²) in [4.78, 5) is 0. The molecule has 7 heavy (non-hydrogen) atoms. The predicted octanol–water partition coefficient (Wildman–Crippen LogP) is 2.56. The van der Waals surface area contributed by atoms with Gasteiger partial charge in [0, 0.05) is 0 Å². The molecule has 0 bridgehead atoms. The summed E-state index contributed by atoms with van der Waals surface area (Å²) in [7, 11) is 0. The maximum Gasteiger partial charge on any atom is -0.147 e. The average Bonchev–Trinajstić information content (AvgIpc) is 1.61. The maximum absolute atomic E-state index is 4.47. The van der Waals surface area contributed by atoms with E-state index in [0.717, 1.165) is 5.39 Å². The molecule has 0 radical (unpaired) electrons. The standard InChI is InChI=1S/C5H11.ClH.Ni/c1-3-5-4-2;;/h1,3-5H2,2H3;1H;. The zero-order valence-corrected chi connectivity index (χ0v) is 6.36. The monoisotopic (exact) mass is 165 g/mol. The number of hydrogen-bond acceptors (Lipinski definition) is 0. The van der Waals surface area contributed by atoms with E-state index in [0.29, 0.717) is 0 Å². The van der Waals surface area contributed by atoms with E-state index < -0.39 is 0 Å². The van der Waals surface area contributed by atoms with Crippen molar-refractivity contribution in [2.24, 2.45) is 0 Å². The second-order valence-electron chi connectivity index (χ2n) is 1.37. The van der Waals surface area contributed by atoms with Gasteiger partial charge in [-0.05, 0) is 0 Å². The van der Waals surface area contributed by atoms with E-state index in [-0.39, 0.29) is 12.4 Å². The molecule has 0 aliphatic heterocycles. The van der Waals surface area contributed by atoms with Crippen molar-refractivity contribution in [3.8, 4) is 0 Å². The van der Waals surface area contributed by atoms with Gasteiger partial charge in [0.25, 0.3) is 0 Å². The van der Waals surface area contributed by atoms with Crippen LogP contribution >= 0.6 is 12.4 Å². The Labute approximate surface area is 59.8 Å². The SMILES string of the molecule is CCCC[CH2][Ni].Cl. The Morgan fingerprint density at radius 1 is 1.29 bits per heavy atom. The van der Waals surface area contributed by atoms with Crippen LogP contribution in [0, 0.1) is 0 Å². The zero-order valence-electron chi connectivity index (χ0n) is 4.55. The van der Waals surface area contributed by atoms with Gasteiger partial charge >= 0.3 is 47.0 Å². The fourth-order valence-electron chi connectivity index (χ4n) is 0.329. The van der Waals surface area contributed by atoms with Crippen LogP contribution in [0.15, 0.2) is 0 Å². The van der Waals surface area contributed by atoms with Gasteiger partial charge in [-0.2, -0.15) is 0 Å². The molecule has 0 spiro atoms. The first-order valence-corrected chi connectivity index (χ1v) is 3.13. The molecular weight excluding hydrogens is 154 g/mol. The van der Waals surface area contributed by atoms with Gasteiger partial charge in [-0.3, -0.25) is 0 Å². The van der Waals surface area contributed by atoms with Gasteiger partial charge in [0.05, 0.1) is 0 Å². The Kier molecular flexibility index (Phi) is 15.2. The second kappa shape index (κ2) is 9.92. The average molecular weight is 166 g/mol. The largest absolute Gasteiger partial charge is 0.147 e. The Morgan fingerprint density at radius 3 is 2.00 bits per heavy atom. The molecule has 0 aliphatic carbocycles. The third-order valence-electron chi connectivity index (χ3n) is 0.715. The normalized spacial score (nSPS) is 7.86. The Morgan fingerprint density at radius 2 is 1.86 bits per heavy atom. The summed E-state index contributed by atoms with van der Waals surface area (Å²) in [5.74, 6) is 0. The minimum absolute atomic E-state index is 0. The Balaban J connectivity index is 0. The number of rotatable bonds is 3. The third-order valence-corrected chi connectivity index (χ3v) is 1.06. The van der Waals surface area contributed by atoms with Crippen molar-refractivity contribution in [3.63, 3.8) is 0 Å². The first-order chi connectivity index (χ1) is 2.91. The van der Waals surface area contributed by atoms with Crippen LogP contribution < -0.4 is 0 Å². The summed E-state index contributed by atoms with van der Waals surface area (Å²) in [6.45, 7) is 2.19. The van der Waals surface area contributed by atoms with E-state index >= 15 is 0 Å². The van der Waals surface area contributed by atoms with E-state index in [4.69, 9.17) is 0 Å². The summed E-state index contributed by atoms with van der Waals surface area (Å²) in [6.07, 6.45) is 3.86. The summed E-state index contributed by atoms with van der Waals surface area (Å²) in [5.41, 5.74) is 0. The molecule has 0 nitrogen and oxygen atoms in total. The van der Waals surface area contributed by atoms with Gasteiger partial charge in [0.15, 0.2) is 0 Å². The molecule has 0 atom stereocenters.